The van der Waals surface area contributed by atoms with E-state index in [1.165, 1.54) is 0 Å². The number of carbonyl (C=O) groups excluding carboxylic acids is 1. The Morgan fingerprint density at radius 1 is 1.31 bits per heavy atom. The van der Waals surface area contributed by atoms with E-state index >= 15 is 0 Å². The van der Waals surface area contributed by atoms with Crippen LogP contribution in [0.2, 0.25) is 0 Å². The van der Waals surface area contributed by atoms with Crippen LogP contribution in [-0.2, 0) is 4.79 Å². The van der Waals surface area contributed by atoms with Crippen molar-refractivity contribution in [2.75, 3.05) is 40.8 Å². The first kappa shape index (κ1) is 12.4. The van der Waals surface area contributed by atoms with Crippen LogP contribution in [-0.4, -0.2) is 51.6 Å². The number of amides is 1. The first-order valence-electron chi connectivity index (χ1n) is 4.73. The summed E-state index contributed by atoms with van der Waals surface area (Å²) in [6.07, 6.45) is 1.53. The summed E-state index contributed by atoms with van der Waals surface area (Å²) in [5.74, 6) is 0.150. The van der Waals surface area contributed by atoms with Crippen molar-refractivity contribution < 1.29 is 4.79 Å². The Labute approximate surface area is 80.7 Å². The van der Waals surface area contributed by atoms with Crippen molar-refractivity contribution in [3.63, 3.8) is 0 Å². The molecule has 0 aromatic heterocycles. The van der Waals surface area contributed by atoms with Gasteiger partial charge < -0.3 is 15.5 Å². The zero-order valence-electron chi connectivity index (χ0n) is 8.89. The molecule has 1 amide bonds. The first-order valence-corrected chi connectivity index (χ1v) is 4.73. The third-order valence-electron chi connectivity index (χ3n) is 1.71. The van der Waals surface area contributed by atoms with Gasteiger partial charge in [0.05, 0.1) is 0 Å². The Kier molecular flexibility index (Phi) is 7.63. The van der Waals surface area contributed by atoms with E-state index in [0.717, 1.165) is 26.1 Å². The average Bonchev–Trinajstić information content (AvgIpc) is 2.04. The SMILES string of the molecule is CNCCCC(=O)NCCN(C)C. The van der Waals surface area contributed by atoms with Crippen LogP contribution < -0.4 is 10.6 Å². The molecule has 0 radical (unpaired) electrons. The molecular weight excluding hydrogens is 166 g/mol. The number of hydrogen-bond donors (Lipinski definition) is 2. The Morgan fingerprint density at radius 3 is 2.54 bits per heavy atom. The fraction of sp³-hybridized carbons (Fsp3) is 0.889. The molecular formula is C9H21N3O. The number of rotatable bonds is 7. The van der Waals surface area contributed by atoms with Crippen LogP contribution in [0, 0.1) is 0 Å². The van der Waals surface area contributed by atoms with Crippen molar-refractivity contribution in [3.05, 3.63) is 0 Å². The molecule has 0 unspecified atom stereocenters. The van der Waals surface area contributed by atoms with Crippen molar-refractivity contribution in [1.82, 2.24) is 15.5 Å². The molecule has 0 aliphatic heterocycles. The van der Waals surface area contributed by atoms with Gasteiger partial charge in [-0.1, -0.05) is 0 Å². The standard InChI is InChI=1S/C9H21N3O/c1-10-6-4-5-9(13)11-7-8-12(2)3/h10H,4-8H2,1-3H3,(H,11,13). The molecule has 0 heterocycles. The summed E-state index contributed by atoms with van der Waals surface area (Å²) in [7, 11) is 5.88. The van der Waals surface area contributed by atoms with Crippen LogP contribution >= 0.6 is 0 Å². The lowest BCUT2D eigenvalue weighted by Gasteiger charge is -2.10. The van der Waals surface area contributed by atoms with E-state index in [-0.39, 0.29) is 5.91 Å². The number of nitrogens with one attached hydrogen (secondary N) is 2. The van der Waals surface area contributed by atoms with Crippen LogP contribution in [0.4, 0.5) is 0 Å². The van der Waals surface area contributed by atoms with E-state index in [1.54, 1.807) is 0 Å². The first-order chi connectivity index (χ1) is 6.16. The minimum absolute atomic E-state index is 0.150. The third kappa shape index (κ3) is 9.30. The zero-order chi connectivity index (χ0) is 10.1. The molecule has 0 spiro atoms. The minimum Gasteiger partial charge on any atom is -0.355 e. The number of carbonyl (C=O) groups is 1. The van der Waals surface area contributed by atoms with Gasteiger partial charge in [-0.05, 0) is 34.1 Å². The Bertz CT molecular complexity index is 137. The lowest BCUT2D eigenvalue weighted by molar-refractivity contribution is -0.121. The predicted octanol–water partition coefficient (Wildman–Crippen LogP) is -0.336. The van der Waals surface area contributed by atoms with Crippen LogP contribution in [0.5, 0.6) is 0 Å². The maximum atomic E-state index is 11.1. The average molecular weight is 187 g/mol. The van der Waals surface area contributed by atoms with E-state index in [1.807, 2.05) is 26.0 Å². The Balaban J connectivity index is 3.20. The van der Waals surface area contributed by atoms with Gasteiger partial charge in [0.2, 0.25) is 5.91 Å². The highest BCUT2D eigenvalue weighted by Crippen LogP contribution is 1.85. The summed E-state index contributed by atoms with van der Waals surface area (Å²) in [5, 5.41) is 5.87. The van der Waals surface area contributed by atoms with Crippen molar-refractivity contribution in [1.29, 1.82) is 0 Å². The molecule has 0 aliphatic carbocycles. The molecule has 0 bridgehead atoms. The van der Waals surface area contributed by atoms with Gasteiger partial charge in [0.25, 0.3) is 0 Å². The molecule has 0 aliphatic rings. The van der Waals surface area contributed by atoms with Crippen molar-refractivity contribution in [2.45, 2.75) is 12.8 Å². The molecule has 0 fully saturated rings. The van der Waals surface area contributed by atoms with E-state index in [0.29, 0.717) is 6.42 Å². The van der Waals surface area contributed by atoms with Gasteiger partial charge >= 0.3 is 0 Å². The molecule has 2 N–H and O–H groups in total. The monoisotopic (exact) mass is 187 g/mol. The van der Waals surface area contributed by atoms with Gasteiger partial charge in [0.15, 0.2) is 0 Å². The van der Waals surface area contributed by atoms with Crippen LogP contribution in [0.25, 0.3) is 0 Å². The maximum absolute atomic E-state index is 11.1. The fourth-order valence-electron chi connectivity index (χ4n) is 0.933. The lowest BCUT2D eigenvalue weighted by atomic mass is 10.3. The summed E-state index contributed by atoms with van der Waals surface area (Å²) < 4.78 is 0. The number of hydrogen-bond acceptors (Lipinski definition) is 3. The van der Waals surface area contributed by atoms with Crippen molar-refractivity contribution >= 4 is 5.91 Å². The van der Waals surface area contributed by atoms with E-state index < -0.39 is 0 Å². The highest BCUT2D eigenvalue weighted by Gasteiger charge is 1.99. The molecule has 78 valence electrons. The van der Waals surface area contributed by atoms with Crippen molar-refractivity contribution in [3.8, 4) is 0 Å². The topological polar surface area (TPSA) is 44.4 Å². The lowest BCUT2D eigenvalue weighted by Crippen LogP contribution is -2.31. The largest absolute Gasteiger partial charge is 0.355 e. The van der Waals surface area contributed by atoms with Crippen LogP contribution in [0.3, 0.4) is 0 Å². The van der Waals surface area contributed by atoms with Gasteiger partial charge in [-0.3, -0.25) is 4.79 Å². The summed E-state index contributed by atoms with van der Waals surface area (Å²) in [6, 6.07) is 0. The molecule has 0 aromatic carbocycles. The molecule has 4 heteroatoms. The second-order valence-corrected chi connectivity index (χ2v) is 3.36. The molecule has 0 aromatic rings. The summed E-state index contributed by atoms with van der Waals surface area (Å²) >= 11 is 0. The van der Waals surface area contributed by atoms with Gasteiger partial charge in [0, 0.05) is 19.5 Å². The number of likely N-dealkylation sites (N-methyl/N-ethyl adjacent to an activating group) is 1. The third-order valence-corrected chi connectivity index (χ3v) is 1.71. The molecule has 0 rings (SSSR count). The molecule has 0 saturated carbocycles. The smallest absolute Gasteiger partial charge is 0.220 e. The van der Waals surface area contributed by atoms with Crippen molar-refractivity contribution in [2.24, 2.45) is 0 Å². The minimum atomic E-state index is 0.150. The quantitative estimate of drug-likeness (QED) is 0.536. The molecule has 13 heavy (non-hydrogen) atoms. The second-order valence-electron chi connectivity index (χ2n) is 3.36. The highest BCUT2D eigenvalue weighted by molar-refractivity contribution is 5.75. The Hall–Kier alpha value is -0.610. The summed E-state index contributed by atoms with van der Waals surface area (Å²) in [6.45, 7) is 2.55. The van der Waals surface area contributed by atoms with E-state index in [4.69, 9.17) is 0 Å². The van der Waals surface area contributed by atoms with Crippen LogP contribution in [0.15, 0.2) is 0 Å². The number of nitrogens with zero attached hydrogens (tertiary/aromatic N) is 1. The fourth-order valence-corrected chi connectivity index (χ4v) is 0.933. The van der Waals surface area contributed by atoms with Gasteiger partial charge in [0.1, 0.15) is 0 Å². The van der Waals surface area contributed by atoms with Gasteiger partial charge in [-0.25, -0.2) is 0 Å². The van der Waals surface area contributed by atoms with Gasteiger partial charge in [-0.15, -0.1) is 0 Å². The normalized spacial score (nSPS) is 10.5. The zero-order valence-corrected chi connectivity index (χ0v) is 8.89. The van der Waals surface area contributed by atoms with Crippen LogP contribution in [0.1, 0.15) is 12.8 Å². The maximum Gasteiger partial charge on any atom is 0.220 e. The second kappa shape index (κ2) is 8.01. The molecule has 0 atom stereocenters. The predicted molar refractivity (Wildman–Crippen MR) is 54.7 cm³/mol. The van der Waals surface area contributed by atoms with E-state index in [9.17, 15) is 4.79 Å². The molecule has 0 saturated heterocycles. The highest BCUT2D eigenvalue weighted by atomic mass is 16.1. The summed E-state index contributed by atoms with van der Waals surface area (Å²) in [4.78, 5) is 13.2. The Morgan fingerprint density at radius 2 is 2.00 bits per heavy atom. The molecule has 4 nitrogen and oxygen atoms in total. The summed E-state index contributed by atoms with van der Waals surface area (Å²) in [5.41, 5.74) is 0. The van der Waals surface area contributed by atoms with Gasteiger partial charge in [-0.2, -0.15) is 0 Å². The van der Waals surface area contributed by atoms with E-state index in [2.05, 4.69) is 10.6 Å².